The van der Waals surface area contributed by atoms with Crippen LogP contribution in [0.25, 0.3) is 6.08 Å². The summed E-state index contributed by atoms with van der Waals surface area (Å²) in [5, 5.41) is 8.48. The number of carbonyl (C=O) groups is 3. The maximum absolute atomic E-state index is 10.4. The van der Waals surface area contributed by atoms with E-state index in [1.165, 1.54) is 5.56 Å². The van der Waals surface area contributed by atoms with E-state index in [9.17, 15) is 14.4 Å². The Morgan fingerprint density at radius 3 is 1.15 bits per heavy atom. The standard InChI is InChI=1S/C10H9N.C7H8.3C6H10O/c1-9(8-11)7-10-5-3-2-4-6-10;1-7-5-3-2-4-6-7;3*1-4-6(7)5(2)3/h2-7H,1H3;2-6H,1H3;3*2,4H2,1,3H3/b9-7-;;;;. The number of Topliss-reactive ketones (excluding diaryl/α,β-unsaturated/α-hetero) is 3. The highest BCUT2D eigenvalue weighted by molar-refractivity contribution is 5.94. The number of nitriles is 1. The predicted octanol–water partition coefficient (Wildman–Crippen LogP) is 9.23. The van der Waals surface area contributed by atoms with E-state index in [1.54, 1.807) is 27.7 Å². The number of aryl methyl sites for hydroxylation is 1. The van der Waals surface area contributed by atoms with E-state index in [-0.39, 0.29) is 17.3 Å². The number of benzene rings is 2. The smallest absolute Gasteiger partial charge is 0.157 e. The van der Waals surface area contributed by atoms with Crippen LogP contribution in [0.4, 0.5) is 0 Å². The Morgan fingerprint density at radius 2 is 0.974 bits per heavy atom. The van der Waals surface area contributed by atoms with Crippen molar-refractivity contribution in [3.8, 4) is 6.07 Å². The topological polar surface area (TPSA) is 75.0 Å². The highest BCUT2D eigenvalue weighted by atomic mass is 16.1. The van der Waals surface area contributed by atoms with Crippen LogP contribution in [-0.4, -0.2) is 17.3 Å². The molecule has 0 aliphatic carbocycles. The molecule has 210 valence electrons. The second-order valence-electron chi connectivity index (χ2n) is 8.68. The van der Waals surface area contributed by atoms with Crippen LogP contribution in [0.5, 0.6) is 0 Å². The average molecular weight is 530 g/mol. The van der Waals surface area contributed by atoms with Crippen molar-refractivity contribution >= 4 is 23.4 Å². The zero-order chi connectivity index (χ0) is 30.8. The van der Waals surface area contributed by atoms with Gasteiger partial charge in [0.1, 0.15) is 0 Å². The van der Waals surface area contributed by atoms with Crippen molar-refractivity contribution in [1.29, 1.82) is 5.26 Å². The molecule has 0 heterocycles. The van der Waals surface area contributed by atoms with Crippen molar-refractivity contribution in [3.63, 3.8) is 0 Å². The molecule has 4 heteroatoms. The molecule has 0 fully saturated rings. The fourth-order valence-corrected chi connectivity index (χ4v) is 2.27. The van der Waals surface area contributed by atoms with E-state index in [4.69, 9.17) is 5.26 Å². The van der Waals surface area contributed by atoms with Gasteiger partial charge in [-0.2, -0.15) is 5.26 Å². The quantitative estimate of drug-likeness (QED) is 0.264. The zero-order valence-electron chi connectivity index (χ0n) is 25.3. The summed E-state index contributed by atoms with van der Waals surface area (Å²) in [4.78, 5) is 31.2. The Balaban J connectivity index is -0.000000423. The van der Waals surface area contributed by atoms with Crippen molar-refractivity contribution in [2.45, 2.75) is 74.7 Å². The molecular weight excluding hydrogens is 482 g/mol. The largest absolute Gasteiger partial charge is 0.295 e. The first-order valence-electron chi connectivity index (χ1n) is 13.0. The molecular formula is C35H47NO3. The average Bonchev–Trinajstić information content (AvgIpc) is 2.93. The lowest BCUT2D eigenvalue weighted by molar-refractivity contribution is -0.116. The number of rotatable bonds is 7. The molecule has 0 amide bonds. The fraction of sp³-hybridized carbons (Fsp3) is 0.314. The molecule has 0 N–H and O–H groups in total. The lowest BCUT2D eigenvalue weighted by Gasteiger charge is -1.90. The highest BCUT2D eigenvalue weighted by Gasteiger charge is 1.95. The van der Waals surface area contributed by atoms with Gasteiger partial charge in [0.15, 0.2) is 17.3 Å². The molecule has 0 bridgehead atoms. The van der Waals surface area contributed by atoms with Gasteiger partial charge in [0.25, 0.3) is 0 Å². The van der Waals surface area contributed by atoms with Gasteiger partial charge >= 0.3 is 0 Å². The monoisotopic (exact) mass is 529 g/mol. The second-order valence-corrected chi connectivity index (χ2v) is 8.68. The molecule has 0 aliphatic rings. The van der Waals surface area contributed by atoms with E-state index in [0.29, 0.717) is 36.0 Å². The van der Waals surface area contributed by atoms with Gasteiger partial charge < -0.3 is 0 Å². The first-order valence-corrected chi connectivity index (χ1v) is 13.0. The molecule has 0 saturated heterocycles. The summed E-state index contributed by atoms with van der Waals surface area (Å²) in [5.41, 5.74) is 5.10. The molecule has 0 spiro atoms. The Morgan fingerprint density at radius 1 is 0.667 bits per heavy atom. The summed E-state index contributed by atoms with van der Waals surface area (Å²) in [6.07, 6.45) is 3.60. The van der Waals surface area contributed by atoms with Crippen molar-refractivity contribution in [2.24, 2.45) is 0 Å². The van der Waals surface area contributed by atoms with E-state index in [2.05, 4.69) is 44.9 Å². The van der Waals surface area contributed by atoms with Crippen molar-refractivity contribution < 1.29 is 14.4 Å². The van der Waals surface area contributed by atoms with Gasteiger partial charge in [-0.05, 0) is 63.0 Å². The predicted molar refractivity (Wildman–Crippen MR) is 167 cm³/mol. The first-order chi connectivity index (χ1) is 18.3. The van der Waals surface area contributed by atoms with E-state index >= 15 is 0 Å². The summed E-state index contributed by atoms with van der Waals surface area (Å²) in [6.45, 7) is 25.0. The van der Waals surface area contributed by atoms with Crippen LogP contribution in [0.15, 0.2) is 103 Å². The minimum atomic E-state index is 0.153. The molecule has 4 nitrogen and oxygen atoms in total. The van der Waals surface area contributed by atoms with Crippen LogP contribution in [0, 0.1) is 18.3 Å². The van der Waals surface area contributed by atoms with Crippen LogP contribution < -0.4 is 0 Å². The van der Waals surface area contributed by atoms with Gasteiger partial charge in [0, 0.05) is 24.8 Å². The molecule has 0 radical (unpaired) electrons. The molecule has 39 heavy (non-hydrogen) atoms. The summed E-state index contributed by atoms with van der Waals surface area (Å²) < 4.78 is 0. The van der Waals surface area contributed by atoms with Gasteiger partial charge in [0.2, 0.25) is 0 Å². The van der Waals surface area contributed by atoms with E-state index < -0.39 is 0 Å². The lowest BCUT2D eigenvalue weighted by Crippen LogP contribution is -1.93. The van der Waals surface area contributed by atoms with Crippen molar-refractivity contribution in [2.75, 3.05) is 0 Å². The third-order valence-corrected chi connectivity index (χ3v) is 4.69. The molecule has 0 saturated carbocycles. The lowest BCUT2D eigenvalue weighted by atomic mass is 10.1. The van der Waals surface area contributed by atoms with Crippen molar-refractivity contribution in [1.82, 2.24) is 0 Å². The molecule has 2 rings (SSSR count). The third-order valence-electron chi connectivity index (χ3n) is 4.69. The zero-order valence-corrected chi connectivity index (χ0v) is 25.3. The molecule has 0 aromatic heterocycles. The van der Waals surface area contributed by atoms with Gasteiger partial charge in [-0.15, -0.1) is 0 Å². The summed E-state index contributed by atoms with van der Waals surface area (Å²) in [6, 6.07) is 22.1. The Bertz CT molecular complexity index is 1040. The highest BCUT2D eigenvalue weighted by Crippen LogP contribution is 2.04. The molecule has 0 unspecified atom stereocenters. The Labute approximate surface area is 237 Å². The van der Waals surface area contributed by atoms with Crippen LogP contribution in [0.1, 0.15) is 78.9 Å². The number of nitrogens with zero attached hydrogens (tertiary/aromatic N) is 1. The van der Waals surface area contributed by atoms with Crippen LogP contribution in [-0.2, 0) is 14.4 Å². The molecule has 0 atom stereocenters. The second kappa shape index (κ2) is 25.5. The van der Waals surface area contributed by atoms with Crippen LogP contribution >= 0.6 is 0 Å². The van der Waals surface area contributed by atoms with Crippen LogP contribution in [0.2, 0.25) is 0 Å². The molecule has 2 aromatic carbocycles. The Kier molecular flexibility index (Phi) is 25.8. The third kappa shape index (κ3) is 26.8. The van der Waals surface area contributed by atoms with Crippen molar-refractivity contribution in [3.05, 3.63) is 114 Å². The number of hydrogen-bond acceptors (Lipinski definition) is 4. The SMILES string of the molecule is C/C(C#N)=C/c1ccccc1.C=C(C)C(=O)CC.C=C(C)C(=O)CC.C=C(C)C(=O)CC.Cc1ccccc1. The summed E-state index contributed by atoms with van der Waals surface area (Å²) >= 11 is 0. The van der Waals surface area contributed by atoms with E-state index in [0.717, 1.165) is 11.1 Å². The van der Waals surface area contributed by atoms with E-state index in [1.807, 2.05) is 75.4 Å². The number of carbonyl (C=O) groups excluding carboxylic acids is 3. The van der Waals surface area contributed by atoms with Crippen LogP contribution in [0.3, 0.4) is 0 Å². The summed E-state index contributed by atoms with van der Waals surface area (Å²) in [5.74, 6) is 0.458. The van der Waals surface area contributed by atoms with Gasteiger partial charge in [-0.3, -0.25) is 14.4 Å². The number of ketones is 3. The number of allylic oxidation sites excluding steroid dienone is 4. The Hall–Kier alpha value is -4.10. The number of hydrogen-bond donors (Lipinski definition) is 0. The minimum absolute atomic E-state index is 0.153. The molecule has 2 aromatic rings. The first kappa shape index (κ1) is 39.4. The molecule has 0 aliphatic heterocycles. The summed E-state index contributed by atoms with van der Waals surface area (Å²) in [7, 11) is 0. The van der Waals surface area contributed by atoms with Gasteiger partial charge in [-0.25, -0.2) is 0 Å². The maximum Gasteiger partial charge on any atom is 0.157 e. The van der Waals surface area contributed by atoms with Gasteiger partial charge in [0.05, 0.1) is 6.07 Å². The fourth-order valence-electron chi connectivity index (χ4n) is 2.27. The normalized spacial score (nSPS) is 9.05. The maximum atomic E-state index is 10.4. The minimum Gasteiger partial charge on any atom is -0.295 e. The van der Waals surface area contributed by atoms with Gasteiger partial charge in [-0.1, -0.05) is 107 Å².